The SMILES string of the molecule is O=C(Oc1ccc2ccc(=O)oc2c1)C(Cl)Oc1ccc(Cl)cc1. The van der Waals surface area contributed by atoms with Gasteiger partial charge in [-0.05, 0) is 42.5 Å². The van der Waals surface area contributed by atoms with Crippen LogP contribution in [0.5, 0.6) is 11.5 Å². The van der Waals surface area contributed by atoms with Gasteiger partial charge in [0, 0.05) is 22.5 Å². The van der Waals surface area contributed by atoms with Crippen LogP contribution in [0.2, 0.25) is 5.02 Å². The maximum Gasteiger partial charge on any atom is 0.368 e. The van der Waals surface area contributed by atoms with E-state index in [9.17, 15) is 9.59 Å². The van der Waals surface area contributed by atoms with E-state index in [0.717, 1.165) is 0 Å². The number of halogens is 2. The number of esters is 1. The van der Waals surface area contributed by atoms with E-state index in [0.29, 0.717) is 21.7 Å². The van der Waals surface area contributed by atoms with Crippen molar-refractivity contribution in [3.8, 4) is 11.5 Å². The lowest BCUT2D eigenvalue weighted by Gasteiger charge is -2.12. The molecule has 0 fully saturated rings. The Morgan fingerprint density at radius 1 is 1.00 bits per heavy atom. The number of hydrogen-bond donors (Lipinski definition) is 0. The second kappa shape index (κ2) is 6.95. The van der Waals surface area contributed by atoms with Gasteiger partial charge in [-0.3, -0.25) is 0 Å². The van der Waals surface area contributed by atoms with Crippen LogP contribution in [-0.4, -0.2) is 11.5 Å². The maximum atomic E-state index is 12.0. The van der Waals surface area contributed by atoms with Crippen LogP contribution in [0.4, 0.5) is 0 Å². The van der Waals surface area contributed by atoms with Crippen molar-refractivity contribution in [1.29, 1.82) is 0 Å². The molecule has 0 saturated carbocycles. The molecule has 3 aromatic rings. The third-order valence-electron chi connectivity index (χ3n) is 3.05. The van der Waals surface area contributed by atoms with Crippen LogP contribution in [0.1, 0.15) is 0 Å². The summed E-state index contributed by atoms with van der Waals surface area (Å²) < 4.78 is 15.4. The lowest BCUT2D eigenvalue weighted by molar-refractivity contribution is -0.138. The van der Waals surface area contributed by atoms with E-state index in [2.05, 4.69) is 0 Å². The fraction of sp³-hybridized carbons (Fsp3) is 0.0588. The molecular formula is C17H10Cl2O5. The van der Waals surface area contributed by atoms with Crippen LogP contribution in [0.25, 0.3) is 11.0 Å². The number of carbonyl (C=O) groups excluding carboxylic acids is 1. The zero-order valence-corrected chi connectivity index (χ0v) is 13.6. The average molecular weight is 365 g/mol. The number of carbonyl (C=O) groups is 1. The molecule has 2 aromatic carbocycles. The van der Waals surface area contributed by atoms with Crippen LogP contribution in [0, 0.1) is 0 Å². The van der Waals surface area contributed by atoms with E-state index in [-0.39, 0.29) is 5.75 Å². The van der Waals surface area contributed by atoms with E-state index in [1.165, 1.54) is 12.1 Å². The number of rotatable bonds is 4. The van der Waals surface area contributed by atoms with Crippen LogP contribution in [0.15, 0.2) is 63.8 Å². The van der Waals surface area contributed by atoms with Gasteiger partial charge >= 0.3 is 11.6 Å². The minimum absolute atomic E-state index is 0.187. The predicted molar refractivity (Wildman–Crippen MR) is 89.8 cm³/mol. The van der Waals surface area contributed by atoms with Crippen molar-refractivity contribution in [2.75, 3.05) is 0 Å². The molecular weight excluding hydrogens is 355 g/mol. The van der Waals surface area contributed by atoms with Crippen LogP contribution in [-0.2, 0) is 4.79 Å². The number of ether oxygens (including phenoxy) is 2. The summed E-state index contributed by atoms with van der Waals surface area (Å²) in [6.45, 7) is 0. The van der Waals surface area contributed by atoms with Gasteiger partial charge in [0.25, 0.3) is 5.56 Å². The van der Waals surface area contributed by atoms with Gasteiger partial charge in [-0.2, -0.15) is 0 Å². The van der Waals surface area contributed by atoms with E-state index in [1.807, 2.05) is 0 Å². The van der Waals surface area contributed by atoms with Crippen molar-refractivity contribution < 1.29 is 18.7 Å². The molecule has 1 atom stereocenters. The molecule has 7 heteroatoms. The average Bonchev–Trinajstić information content (AvgIpc) is 2.56. The summed E-state index contributed by atoms with van der Waals surface area (Å²) in [7, 11) is 0. The minimum atomic E-state index is -1.34. The predicted octanol–water partition coefficient (Wildman–Crippen LogP) is 4.00. The Balaban J connectivity index is 1.71. The van der Waals surface area contributed by atoms with Crippen LogP contribution < -0.4 is 15.1 Å². The number of hydrogen-bond acceptors (Lipinski definition) is 5. The van der Waals surface area contributed by atoms with Gasteiger partial charge in [0.05, 0.1) is 0 Å². The maximum absolute atomic E-state index is 12.0. The highest BCUT2D eigenvalue weighted by molar-refractivity contribution is 6.30. The number of benzene rings is 2. The van der Waals surface area contributed by atoms with Crippen molar-refractivity contribution in [2.45, 2.75) is 5.56 Å². The lowest BCUT2D eigenvalue weighted by Crippen LogP contribution is -2.26. The molecule has 5 nitrogen and oxygen atoms in total. The number of fused-ring (bicyclic) bond motifs is 1. The first-order chi connectivity index (χ1) is 11.5. The van der Waals surface area contributed by atoms with Gasteiger partial charge in [-0.1, -0.05) is 23.2 Å². The highest BCUT2D eigenvalue weighted by Gasteiger charge is 2.20. The summed E-state index contributed by atoms with van der Waals surface area (Å²) >= 11 is 11.7. The molecule has 0 saturated heterocycles. The van der Waals surface area contributed by atoms with Gasteiger partial charge in [-0.25, -0.2) is 9.59 Å². The normalized spacial score (nSPS) is 11.9. The summed E-state index contributed by atoms with van der Waals surface area (Å²) in [6.07, 6.45) is 0. The molecule has 0 bridgehead atoms. The van der Waals surface area contributed by atoms with E-state index in [4.69, 9.17) is 37.1 Å². The topological polar surface area (TPSA) is 65.7 Å². The molecule has 0 aliphatic heterocycles. The molecule has 0 amide bonds. The molecule has 0 radical (unpaired) electrons. The van der Waals surface area contributed by atoms with E-state index in [1.54, 1.807) is 42.5 Å². The summed E-state index contributed by atoms with van der Waals surface area (Å²) in [5, 5.41) is 1.24. The van der Waals surface area contributed by atoms with Gasteiger partial charge in [0.15, 0.2) is 0 Å². The Hall–Kier alpha value is -2.50. The largest absolute Gasteiger partial charge is 0.463 e. The fourth-order valence-corrected chi connectivity index (χ4v) is 2.22. The van der Waals surface area contributed by atoms with Crippen molar-refractivity contribution in [2.24, 2.45) is 0 Å². The molecule has 122 valence electrons. The van der Waals surface area contributed by atoms with Crippen LogP contribution in [0.3, 0.4) is 0 Å². The fourth-order valence-electron chi connectivity index (χ4n) is 1.95. The van der Waals surface area contributed by atoms with Crippen molar-refractivity contribution >= 4 is 40.1 Å². The summed E-state index contributed by atoms with van der Waals surface area (Å²) in [6, 6.07) is 13.9. The molecule has 0 aliphatic rings. The standard InChI is InChI=1S/C17H10Cl2O5/c18-11-3-6-12(7-4-11)22-16(19)17(21)23-13-5-1-10-2-8-15(20)24-14(10)9-13/h1-9,16H. The zero-order valence-electron chi connectivity index (χ0n) is 12.1. The molecule has 0 aliphatic carbocycles. The molecule has 3 rings (SSSR count). The Bertz CT molecular complexity index is 934. The second-order valence-corrected chi connectivity index (χ2v) is 5.60. The third-order valence-corrected chi connectivity index (χ3v) is 3.57. The Labute approximate surface area is 146 Å². The first-order valence-electron chi connectivity index (χ1n) is 6.83. The van der Waals surface area contributed by atoms with Crippen LogP contribution >= 0.6 is 23.2 Å². The third kappa shape index (κ3) is 3.88. The first kappa shape index (κ1) is 16.4. The Kier molecular flexibility index (Phi) is 4.74. The Morgan fingerprint density at radius 2 is 1.67 bits per heavy atom. The van der Waals surface area contributed by atoms with Gasteiger partial charge in [0.2, 0.25) is 0 Å². The molecule has 1 unspecified atom stereocenters. The quantitative estimate of drug-likeness (QED) is 0.303. The molecule has 0 N–H and O–H groups in total. The van der Waals surface area contributed by atoms with Crippen molar-refractivity contribution in [1.82, 2.24) is 0 Å². The molecule has 1 heterocycles. The molecule has 24 heavy (non-hydrogen) atoms. The second-order valence-electron chi connectivity index (χ2n) is 4.76. The lowest BCUT2D eigenvalue weighted by atomic mass is 10.2. The minimum Gasteiger partial charge on any atom is -0.463 e. The first-order valence-corrected chi connectivity index (χ1v) is 7.64. The monoisotopic (exact) mass is 364 g/mol. The highest BCUT2D eigenvalue weighted by atomic mass is 35.5. The van der Waals surface area contributed by atoms with E-state index >= 15 is 0 Å². The molecule has 0 spiro atoms. The van der Waals surface area contributed by atoms with Crippen molar-refractivity contribution in [3.05, 3.63) is 70.0 Å². The van der Waals surface area contributed by atoms with Gasteiger partial charge < -0.3 is 13.9 Å². The summed E-state index contributed by atoms with van der Waals surface area (Å²) in [4.78, 5) is 23.2. The smallest absolute Gasteiger partial charge is 0.368 e. The van der Waals surface area contributed by atoms with Crippen molar-refractivity contribution in [3.63, 3.8) is 0 Å². The Morgan fingerprint density at radius 3 is 2.42 bits per heavy atom. The zero-order chi connectivity index (χ0) is 17.1. The van der Waals surface area contributed by atoms with Gasteiger partial charge in [0.1, 0.15) is 17.1 Å². The van der Waals surface area contributed by atoms with Gasteiger partial charge in [-0.15, -0.1) is 0 Å². The number of alkyl halides is 1. The summed E-state index contributed by atoms with van der Waals surface area (Å²) in [5.41, 5.74) is -1.53. The summed E-state index contributed by atoms with van der Waals surface area (Å²) in [5.74, 6) is -0.239. The highest BCUT2D eigenvalue weighted by Crippen LogP contribution is 2.22. The van der Waals surface area contributed by atoms with E-state index < -0.39 is 17.2 Å². The molecule has 1 aromatic heterocycles.